The van der Waals surface area contributed by atoms with Gasteiger partial charge in [-0.15, -0.1) is 0 Å². The first kappa shape index (κ1) is 11.7. The summed E-state index contributed by atoms with van der Waals surface area (Å²) in [6.45, 7) is 0. The van der Waals surface area contributed by atoms with Crippen LogP contribution in [-0.4, -0.2) is 29.9 Å². The normalized spacial score (nSPS) is 10.3. The highest BCUT2D eigenvalue weighted by Crippen LogP contribution is 2.26. The Hall–Kier alpha value is -1.81. The molecular weight excluding hydrogens is 238 g/mol. The van der Waals surface area contributed by atoms with Crippen molar-refractivity contribution in [3.05, 3.63) is 41.2 Å². The van der Waals surface area contributed by atoms with Gasteiger partial charge in [-0.2, -0.15) is 0 Å². The minimum Gasteiger partial charge on any atom is -0.348 e. The fraction of sp³-hybridized carbons (Fsp3) is 0.167. The van der Waals surface area contributed by atoms with Gasteiger partial charge in [0, 0.05) is 19.8 Å². The Morgan fingerprint density at radius 3 is 2.47 bits per heavy atom. The average molecular weight is 250 g/mol. The molecule has 0 radical (unpaired) electrons. The molecule has 1 heterocycles. The standard InChI is InChI=1S/C12H12ClN3O/c1-15(2)12-14-10(8-17)11(13)16(12)9-6-4-3-5-7-9/h3-8H,1-2H3. The lowest BCUT2D eigenvalue weighted by molar-refractivity contribution is 0.111. The molecule has 0 spiro atoms. The highest BCUT2D eigenvalue weighted by molar-refractivity contribution is 6.32. The van der Waals surface area contributed by atoms with Crippen molar-refractivity contribution in [1.82, 2.24) is 9.55 Å². The van der Waals surface area contributed by atoms with Gasteiger partial charge in [-0.25, -0.2) is 4.98 Å². The lowest BCUT2D eigenvalue weighted by atomic mass is 10.3. The maximum absolute atomic E-state index is 10.9. The predicted molar refractivity (Wildman–Crippen MR) is 68.3 cm³/mol. The van der Waals surface area contributed by atoms with E-state index in [4.69, 9.17) is 11.6 Å². The zero-order valence-corrected chi connectivity index (χ0v) is 10.3. The smallest absolute Gasteiger partial charge is 0.211 e. The quantitative estimate of drug-likeness (QED) is 0.784. The Labute approximate surface area is 104 Å². The minimum absolute atomic E-state index is 0.249. The number of benzene rings is 1. The van der Waals surface area contributed by atoms with Crippen molar-refractivity contribution < 1.29 is 4.79 Å². The number of imidazole rings is 1. The summed E-state index contributed by atoms with van der Waals surface area (Å²) in [7, 11) is 3.71. The Morgan fingerprint density at radius 2 is 1.94 bits per heavy atom. The van der Waals surface area contributed by atoms with Crippen LogP contribution in [0.25, 0.3) is 5.69 Å². The van der Waals surface area contributed by atoms with E-state index in [0.29, 0.717) is 17.4 Å². The number of carbonyl (C=O) groups is 1. The van der Waals surface area contributed by atoms with Crippen LogP contribution in [0.15, 0.2) is 30.3 Å². The molecule has 0 aliphatic rings. The number of rotatable bonds is 3. The molecule has 0 saturated carbocycles. The van der Waals surface area contributed by atoms with Crippen LogP contribution < -0.4 is 4.90 Å². The van der Waals surface area contributed by atoms with Gasteiger partial charge in [0.15, 0.2) is 6.29 Å². The molecule has 0 aliphatic heterocycles. The van der Waals surface area contributed by atoms with Gasteiger partial charge in [0.05, 0.1) is 0 Å². The number of hydrogen-bond acceptors (Lipinski definition) is 3. The van der Waals surface area contributed by atoms with Gasteiger partial charge in [-0.1, -0.05) is 29.8 Å². The van der Waals surface area contributed by atoms with Crippen molar-refractivity contribution in [1.29, 1.82) is 0 Å². The van der Waals surface area contributed by atoms with Crippen LogP contribution in [0.2, 0.25) is 5.15 Å². The Bertz CT molecular complexity index is 534. The molecule has 17 heavy (non-hydrogen) atoms. The molecule has 0 bridgehead atoms. The number of para-hydroxylation sites is 1. The van der Waals surface area contributed by atoms with E-state index in [1.54, 1.807) is 4.57 Å². The van der Waals surface area contributed by atoms with Crippen molar-refractivity contribution in [2.75, 3.05) is 19.0 Å². The molecular formula is C12H12ClN3O. The van der Waals surface area contributed by atoms with Crippen LogP contribution in [-0.2, 0) is 0 Å². The van der Waals surface area contributed by atoms with E-state index in [0.717, 1.165) is 5.69 Å². The number of aromatic nitrogens is 2. The molecule has 0 atom stereocenters. The molecule has 88 valence electrons. The first-order valence-electron chi connectivity index (χ1n) is 5.11. The second kappa shape index (κ2) is 4.59. The number of anilines is 1. The van der Waals surface area contributed by atoms with Gasteiger partial charge < -0.3 is 4.90 Å². The Balaban J connectivity index is 2.67. The van der Waals surface area contributed by atoms with E-state index in [-0.39, 0.29) is 5.69 Å². The van der Waals surface area contributed by atoms with Gasteiger partial charge in [0.2, 0.25) is 5.95 Å². The van der Waals surface area contributed by atoms with Crippen molar-refractivity contribution >= 4 is 23.8 Å². The molecule has 0 aliphatic carbocycles. The maximum atomic E-state index is 10.9. The van der Waals surface area contributed by atoms with Crippen molar-refractivity contribution in [2.24, 2.45) is 0 Å². The molecule has 5 heteroatoms. The molecule has 2 aromatic rings. The summed E-state index contributed by atoms with van der Waals surface area (Å²) in [5, 5.41) is 0.329. The number of hydrogen-bond donors (Lipinski definition) is 0. The van der Waals surface area contributed by atoms with Gasteiger partial charge >= 0.3 is 0 Å². The van der Waals surface area contributed by atoms with Crippen LogP contribution in [0.4, 0.5) is 5.95 Å². The molecule has 0 saturated heterocycles. The zero-order chi connectivity index (χ0) is 12.4. The van der Waals surface area contributed by atoms with Crippen molar-refractivity contribution in [3.8, 4) is 5.69 Å². The van der Waals surface area contributed by atoms with Crippen LogP contribution in [0, 0.1) is 0 Å². The first-order chi connectivity index (χ1) is 8.15. The fourth-order valence-corrected chi connectivity index (χ4v) is 1.85. The maximum Gasteiger partial charge on any atom is 0.211 e. The van der Waals surface area contributed by atoms with Crippen LogP contribution >= 0.6 is 11.6 Å². The highest BCUT2D eigenvalue weighted by Gasteiger charge is 2.17. The van der Waals surface area contributed by atoms with Crippen molar-refractivity contribution in [2.45, 2.75) is 0 Å². The van der Waals surface area contributed by atoms with Crippen LogP contribution in [0.1, 0.15) is 10.5 Å². The third-order valence-corrected chi connectivity index (χ3v) is 2.72. The second-order valence-electron chi connectivity index (χ2n) is 3.77. The SMILES string of the molecule is CN(C)c1nc(C=O)c(Cl)n1-c1ccccc1. The number of nitrogens with zero attached hydrogens (tertiary/aromatic N) is 3. The van der Waals surface area contributed by atoms with Gasteiger partial charge in [-0.05, 0) is 12.1 Å². The summed E-state index contributed by atoms with van der Waals surface area (Å²) in [6.07, 6.45) is 0.661. The summed E-state index contributed by atoms with van der Waals surface area (Å²) in [6, 6.07) is 9.56. The van der Waals surface area contributed by atoms with E-state index in [1.165, 1.54) is 0 Å². The molecule has 2 rings (SSSR count). The van der Waals surface area contributed by atoms with Crippen LogP contribution in [0.3, 0.4) is 0 Å². The largest absolute Gasteiger partial charge is 0.348 e. The first-order valence-corrected chi connectivity index (χ1v) is 5.49. The molecule has 4 nitrogen and oxygen atoms in total. The minimum atomic E-state index is 0.249. The average Bonchev–Trinajstić information content (AvgIpc) is 2.67. The Morgan fingerprint density at radius 1 is 1.29 bits per heavy atom. The third-order valence-electron chi connectivity index (χ3n) is 2.35. The third kappa shape index (κ3) is 2.03. The van der Waals surface area contributed by atoms with Gasteiger partial charge in [0.25, 0.3) is 0 Å². The number of halogens is 1. The molecule has 1 aromatic heterocycles. The summed E-state index contributed by atoms with van der Waals surface area (Å²) < 4.78 is 1.74. The van der Waals surface area contributed by atoms with E-state index in [9.17, 15) is 4.79 Å². The van der Waals surface area contributed by atoms with E-state index in [1.807, 2.05) is 49.3 Å². The predicted octanol–water partition coefficient (Wildman–Crippen LogP) is 2.40. The van der Waals surface area contributed by atoms with E-state index < -0.39 is 0 Å². The summed E-state index contributed by atoms with van der Waals surface area (Å²) in [5.41, 5.74) is 1.13. The molecule has 0 fully saturated rings. The number of aldehydes is 1. The fourth-order valence-electron chi connectivity index (χ4n) is 1.59. The Kier molecular flexibility index (Phi) is 3.15. The van der Waals surface area contributed by atoms with E-state index >= 15 is 0 Å². The summed E-state index contributed by atoms with van der Waals surface area (Å²) >= 11 is 6.15. The van der Waals surface area contributed by atoms with E-state index in [2.05, 4.69) is 4.98 Å². The van der Waals surface area contributed by atoms with Crippen molar-refractivity contribution in [3.63, 3.8) is 0 Å². The van der Waals surface area contributed by atoms with Gasteiger partial charge in [-0.3, -0.25) is 9.36 Å². The lowest BCUT2D eigenvalue weighted by Crippen LogP contribution is -2.14. The number of carbonyl (C=O) groups excluding carboxylic acids is 1. The molecule has 0 N–H and O–H groups in total. The topological polar surface area (TPSA) is 38.1 Å². The summed E-state index contributed by atoms with van der Waals surface area (Å²) in [5.74, 6) is 0.628. The molecule has 0 unspecified atom stereocenters. The van der Waals surface area contributed by atoms with Crippen LogP contribution in [0.5, 0.6) is 0 Å². The second-order valence-corrected chi connectivity index (χ2v) is 4.13. The lowest BCUT2D eigenvalue weighted by Gasteiger charge is -2.14. The zero-order valence-electron chi connectivity index (χ0n) is 9.59. The highest BCUT2D eigenvalue weighted by atomic mass is 35.5. The van der Waals surface area contributed by atoms with Gasteiger partial charge in [0.1, 0.15) is 10.8 Å². The molecule has 0 amide bonds. The monoisotopic (exact) mass is 249 g/mol. The molecule has 1 aromatic carbocycles. The summed E-state index contributed by atoms with van der Waals surface area (Å²) in [4.78, 5) is 16.9.